The van der Waals surface area contributed by atoms with E-state index in [1.165, 1.54) is 6.92 Å². The van der Waals surface area contributed by atoms with E-state index in [1.807, 2.05) is 0 Å². The van der Waals surface area contributed by atoms with Crippen LogP contribution in [0, 0.1) is 0 Å². The van der Waals surface area contributed by atoms with Crippen molar-refractivity contribution in [1.82, 2.24) is 0 Å². The van der Waals surface area contributed by atoms with Gasteiger partial charge >= 0.3 is 5.97 Å². The van der Waals surface area contributed by atoms with Crippen LogP contribution in [0.2, 0.25) is 0 Å². The first-order chi connectivity index (χ1) is 7.38. The van der Waals surface area contributed by atoms with Crippen molar-refractivity contribution in [3.05, 3.63) is 35.9 Å². The molecule has 0 spiro atoms. The van der Waals surface area contributed by atoms with E-state index < -0.39 is 26.9 Å². The molecule has 0 bridgehead atoms. The maximum absolute atomic E-state index is 11.5. The van der Waals surface area contributed by atoms with Crippen LogP contribution in [0.3, 0.4) is 0 Å². The Labute approximate surface area is 98.6 Å². The number of carbonyl (C=O) groups excluding carboxylic acids is 1. The predicted molar refractivity (Wildman–Crippen MR) is 61.0 cm³/mol. The average molecular weight is 263 g/mol. The van der Waals surface area contributed by atoms with Crippen LogP contribution < -0.4 is 0 Å². The number of halogens is 1. The number of ether oxygens (including phenoxy) is 1. The van der Waals surface area contributed by atoms with Crippen LogP contribution in [-0.2, 0) is 13.8 Å². The van der Waals surface area contributed by atoms with Crippen LogP contribution in [-0.4, -0.2) is 26.2 Å². The number of esters is 1. The van der Waals surface area contributed by atoms with Gasteiger partial charge in [0.2, 0.25) is 9.05 Å². The summed E-state index contributed by atoms with van der Waals surface area (Å²) in [4.78, 5) is 11.5. The highest BCUT2D eigenvalue weighted by molar-refractivity contribution is 8.13. The molecule has 16 heavy (non-hydrogen) atoms. The van der Waals surface area contributed by atoms with Gasteiger partial charge in [0.15, 0.2) is 0 Å². The zero-order valence-corrected chi connectivity index (χ0v) is 10.2. The van der Waals surface area contributed by atoms with Gasteiger partial charge in [-0.05, 0) is 19.1 Å². The summed E-state index contributed by atoms with van der Waals surface area (Å²) in [5.41, 5.74) is 0.376. The third-order valence-corrected chi connectivity index (χ3v) is 3.00. The maximum atomic E-state index is 11.5. The molecule has 6 heteroatoms. The standard InChI is InChI=1S/C10H11ClO4S/c1-8(7-16(11,13)14)15-10(12)9-5-3-2-4-6-9/h2-6,8H,7H2,1H3. The smallest absolute Gasteiger partial charge is 0.338 e. The molecule has 1 rings (SSSR count). The topological polar surface area (TPSA) is 60.4 Å². The van der Waals surface area contributed by atoms with Crippen molar-refractivity contribution in [3.8, 4) is 0 Å². The largest absolute Gasteiger partial charge is 0.458 e. The van der Waals surface area contributed by atoms with Crippen LogP contribution >= 0.6 is 10.7 Å². The molecule has 0 radical (unpaired) electrons. The molecule has 1 aromatic carbocycles. The Morgan fingerprint density at radius 2 is 1.94 bits per heavy atom. The van der Waals surface area contributed by atoms with Crippen LogP contribution in [0.15, 0.2) is 30.3 Å². The molecule has 0 N–H and O–H groups in total. The van der Waals surface area contributed by atoms with Crippen molar-refractivity contribution >= 4 is 25.7 Å². The summed E-state index contributed by atoms with van der Waals surface area (Å²) < 4.78 is 26.4. The summed E-state index contributed by atoms with van der Waals surface area (Å²) in [6.07, 6.45) is -0.768. The monoisotopic (exact) mass is 262 g/mol. The number of rotatable bonds is 4. The molecule has 1 aromatic rings. The molecule has 0 aliphatic carbocycles. The molecule has 0 fully saturated rings. The second-order valence-electron chi connectivity index (χ2n) is 3.29. The fraction of sp³-hybridized carbons (Fsp3) is 0.300. The molecule has 0 saturated heterocycles. The predicted octanol–water partition coefficient (Wildman–Crippen LogP) is 1.80. The Bertz CT molecular complexity index is 455. The van der Waals surface area contributed by atoms with Gasteiger partial charge in [-0.25, -0.2) is 13.2 Å². The first kappa shape index (κ1) is 13.0. The fourth-order valence-corrected chi connectivity index (χ4v) is 2.30. The lowest BCUT2D eigenvalue weighted by Gasteiger charge is -2.11. The van der Waals surface area contributed by atoms with Gasteiger partial charge < -0.3 is 4.74 Å². The zero-order valence-electron chi connectivity index (χ0n) is 8.59. The number of carbonyl (C=O) groups is 1. The van der Waals surface area contributed by atoms with Gasteiger partial charge in [-0.3, -0.25) is 0 Å². The Hall–Kier alpha value is -1.07. The first-order valence-corrected chi connectivity index (χ1v) is 7.04. The summed E-state index contributed by atoms with van der Waals surface area (Å²) in [5, 5.41) is 0. The van der Waals surface area contributed by atoms with Gasteiger partial charge in [0.25, 0.3) is 0 Å². The summed E-state index contributed by atoms with van der Waals surface area (Å²) in [6, 6.07) is 8.33. The lowest BCUT2D eigenvalue weighted by Crippen LogP contribution is -2.21. The van der Waals surface area contributed by atoms with Crippen molar-refractivity contribution in [3.63, 3.8) is 0 Å². The summed E-state index contributed by atoms with van der Waals surface area (Å²) in [6.45, 7) is 1.47. The van der Waals surface area contributed by atoms with Gasteiger partial charge in [-0.2, -0.15) is 0 Å². The van der Waals surface area contributed by atoms with Crippen LogP contribution in [0.25, 0.3) is 0 Å². The summed E-state index contributed by atoms with van der Waals surface area (Å²) >= 11 is 0. The molecule has 0 saturated carbocycles. The molecule has 0 amide bonds. The van der Waals surface area contributed by atoms with E-state index in [9.17, 15) is 13.2 Å². The summed E-state index contributed by atoms with van der Waals surface area (Å²) in [7, 11) is 1.38. The third-order valence-electron chi connectivity index (χ3n) is 1.75. The molecule has 0 heterocycles. The zero-order chi connectivity index (χ0) is 12.2. The molecule has 88 valence electrons. The highest BCUT2D eigenvalue weighted by Crippen LogP contribution is 2.07. The molecular weight excluding hydrogens is 252 g/mol. The Kier molecular flexibility index (Phi) is 4.32. The lowest BCUT2D eigenvalue weighted by atomic mass is 10.2. The normalized spacial score (nSPS) is 13.1. The minimum Gasteiger partial charge on any atom is -0.458 e. The van der Waals surface area contributed by atoms with E-state index in [4.69, 9.17) is 15.4 Å². The Morgan fingerprint density at radius 1 is 1.38 bits per heavy atom. The van der Waals surface area contributed by atoms with Gasteiger partial charge in [0.1, 0.15) is 11.9 Å². The third kappa shape index (κ3) is 4.63. The molecule has 0 aliphatic rings. The van der Waals surface area contributed by atoms with Crippen molar-refractivity contribution in [2.45, 2.75) is 13.0 Å². The summed E-state index contributed by atoms with van der Waals surface area (Å²) in [5.74, 6) is -0.957. The Balaban J connectivity index is 2.59. The van der Waals surface area contributed by atoms with Gasteiger partial charge in [-0.1, -0.05) is 18.2 Å². The molecule has 0 aromatic heterocycles. The second kappa shape index (κ2) is 5.32. The van der Waals surface area contributed by atoms with E-state index in [0.717, 1.165) is 0 Å². The molecular formula is C10H11ClO4S. The van der Waals surface area contributed by atoms with E-state index in [-0.39, 0.29) is 0 Å². The number of hydrogen-bond acceptors (Lipinski definition) is 4. The van der Waals surface area contributed by atoms with Crippen molar-refractivity contribution in [2.24, 2.45) is 0 Å². The molecule has 4 nitrogen and oxygen atoms in total. The van der Waals surface area contributed by atoms with Gasteiger partial charge in [0.05, 0.1) is 5.56 Å². The van der Waals surface area contributed by atoms with Gasteiger partial charge in [-0.15, -0.1) is 0 Å². The van der Waals surface area contributed by atoms with E-state index >= 15 is 0 Å². The van der Waals surface area contributed by atoms with Crippen molar-refractivity contribution < 1.29 is 17.9 Å². The van der Waals surface area contributed by atoms with Crippen LogP contribution in [0.5, 0.6) is 0 Å². The van der Waals surface area contributed by atoms with Crippen LogP contribution in [0.4, 0.5) is 0 Å². The van der Waals surface area contributed by atoms with Crippen LogP contribution in [0.1, 0.15) is 17.3 Å². The van der Waals surface area contributed by atoms with Crippen molar-refractivity contribution in [1.29, 1.82) is 0 Å². The maximum Gasteiger partial charge on any atom is 0.338 e. The van der Waals surface area contributed by atoms with E-state index in [2.05, 4.69) is 0 Å². The minimum atomic E-state index is -3.66. The quantitative estimate of drug-likeness (QED) is 0.613. The highest BCUT2D eigenvalue weighted by atomic mass is 35.7. The molecule has 1 unspecified atom stereocenters. The minimum absolute atomic E-state index is 0.376. The molecule has 1 atom stereocenters. The first-order valence-electron chi connectivity index (χ1n) is 4.57. The van der Waals surface area contributed by atoms with Gasteiger partial charge in [0, 0.05) is 10.7 Å². The Morgan fingerprint density at radius 3 is 2.44 bits per heavy atom. The average Bonchev–Trinajstić information content (AvgIpc) is 2.16. The van der Waals surface area contributed by atoms with E-state index in [1.54, 1.807) is 30.3 Å². The molecule has 0 aliphatic heterocycles. The highest BCUT2D eigenvalue weighted by Gasteiger charge is 2.17. The van der Waals surface area contributed by atoms with E-state index in [0.29, 0.717) is 5.56 Å². The fourth-order valence-electron chi connectivity index (χ4n) is 1.14. The van der Waals surface area contributed by atoms with Crippen molar-refractivity contribution in [2.75, 3.05) is 5.75 Å². The lowest BCUT2D eigenvalue weighted by molar-refractivity contribution is 0.0384. The second-order valence-corrected chi connectivity index (χ2v) is 6.11. The number of benzene rings is 1. The number of hydrogen-bond donors (Lipinski definition) is 0. The SMILES string of the molecule is CC(CS(=O)(=O)Cl)OC(=O)c1ccccc1.